The van der Waals surface area contributed by atoms with E-state index in [1.807, 2.05) is 0 Å². The Morgan fingerprint density at radius 2 is 1.00 bits per heavy atom. The molecule has 10 heteroatoms. The number of hydrogen-bond acceptors (Lipinski definition) is 7. The highest BCUT2D eigenvalue weighted by atomic mass is 31.2. The molecule has 0 heterocycles. The van der Waals surface area contributed by atoms with Crippen LogP contribution in [0.4, 0.5) is 0 Å². The lowest BCUT2D eigenvalue weighted by atomic mass is 10.0. The van der Waals surface area contributed by atoms with Crippen LogP contribution >= 0.6 is 7.82 Å². The van der Waals surface area contributed by atoms with Crippen molar-refractivity contribution >= 4 is 19.7 Å². The second-order valence-corrected chi connectivity index (χ2v) is 16.5. The number of nitrogens with one attached hydrogen (secondary N) is 1. The van der Waals surface area contributed by atoms with Gasteiger partial charge in [0.05, 0.1) is 13.2 Å². The summed E-state index contributed by atoms with van der Waals surface area (Å²) >= 11 is 0. The quantitative estimate of drug-likeness (QED) is 0.0241. The minimum atomic E-state index is -4.41. The molecule has 0 rings (SSSR count). The van der Waals surface area contributed by atoms with E-state index >= 15 is 0 Å². The molecule has 0 aromatic carbocycles. The topological polar surface area (TPSA) is 131 Å². The minimum absolute atomic E-state index is 0.0794. The minimum Gasteiger partial charge on any atom is -0.463 e. The molecule has 1 amide bonds. The van der Waals surface area contributed by atoms with Crippen molar-refractivity contribution in [1.82, 2.24) is 5.32 Å². The third kappa shape index (κ3) is 41.6. The van der Waals surface area contributed by atoms with Crippen molar-refractivity contribution in [1.29, 1.82) is 0 Å². The Morgan fingerprint density at radius 3 is 1.50 bits per heavy atom. The predicted molar refractivity (Wildman–Crippen MR) is 224 cm³/mol. The number of carbonyl (C=O) groups is 2. The average molecular weight is 786 g/mol. The summed E-state index contributed by atoms with van der Waals surface area (Å²) in [5.74, 6) is -0.517. The Bertz CT molecular complexity index is 944. The number of hydrogen-bond donors (Lipinski definition) is 3. The standard InChI is InChI=1S/C44H84NO8P/c1-3-5-7-9-11-13-15-17-19-20-21-23-24-26-28-30-32-34-36-43(47)45-38-39-52-54(49,50)53-41-42(46)40-51-44(48)37-35-33-31-29-27-25-22-18-16-14-12-10-8-6-4-2/h13,15,19-20,42,46H,3-12,14,16-18,21-41H2,1-2H3,(H,45,47)(H,49,50)/b15-13-,20-19-. The van der Waals surface area contributed by atoms with E-state index in [0.29, 0.717) is 6.42 Å². The van der Waals surface area contributed by atoms with Crippen LogP contribution in [0.3, 0.4) is 0 Å². The first kappa shape index (κ1) is 52.5. The number of phosphoric ester groups is 1. The van der Waals surface area contributed by atoms with Gasteiger partial charge in [0.15, 0.2) is 0 Å². The molecule has 54 heavy (non-hydrogen) atoms. The molecule has 2 atom stereocenters. The van der Waals surface area contributed by atoms with E-state index in [0.717, 1.165) is 51.4 Å². The van der Waals surface area contributed by atoms with Gasteiger partial charge in [-0.1, -0.05) is 179 Å². The molecule has 318 valence electrons. The van der Waals surface area contributed by atoms with Gasteiger partial charge in [-0.05, 0) is 44.9 Å². The van der Waals surface area contributed by atoms with Crippen LogP contribution in [0.25, 0.3) is 0 Å². The summed E-state index contributed by atoms with van der Waals surface area (Å²) in [7, 11) is -4.41. The lowest BCUT2D eigenvalue weighted by Crippen LogP contribution is -2.27. The summed E-state index contributed by atoms with van der Waals surface area (Å²) in [4.78, 5) is 33.9. The van der Waals surface area contributed by atoms with Crippen LogP contribution in [0.15, 0.2) is 24.3 Å². The van der Waals surface area contributed by atoms with Crippen molar-refractivity contribution in [2.24, 2.45) is 0 Å². The van der Waals surface area contributed by atoms with Crippen LogP contribution in [-0.2, 0) is 27.9 Å². The molecule has 0 aliphatic heterocycles. The second kappa shape index (κ2) is 41.1. The number of amides is 1. The molecule has 0 aliphatic carbocycles. The van der Waals surface area contributed by atoms with Crippen LogP contribution in [0.5, 0.6) is 0 Å². The SMILES string of the molecule is CCCCCC/C=C\C/C=C\CCCCCCCCCC(=O)NCCOP(=O)(O)OCC(O)COC(=O)CCCCCCCCCCCCCCCCC. The van der Waals surface area contributed by atoms with Gasteiger partial charge in [-0.25, -0.2) is 4.57 Å². The Balaban J connectivity index is 3.58. The summed E-state index contributed by atoms with van der Waals surface area (Å²) in [6.07, 6.45) is 43.9. The molecule has 0 spiro atoms. The van der Waals surface area contributed by atoms with Gasteiger partial charge in [0.25, 0.3) is 0 Å². The molecule has 2 unspecified atom stereocenters. The third-order valence-electron chi connectivity index (χ3n) is 9.63. The number of phosphoric acid groups is 1. The number of aliphatic hydroxyl groups excluding tert-OH is 1. The van der Waals surface area contributed by atoms with Crippen molar-refractivity contribution < 1.29 is 37.9 Å². The fraction of sp³-hybridized carbons (Fsp3) is 0.864. The van der Waals surface area contributed by atoms with Crippen LogP contribution in [0.2, 0.25) is 0 Å². The van der Waals surface area contributed by atoms with Crippen molar-refractivity contribution in [2.75, 3.05) is 26.4 Å². The van der Waals surface area contributed by atoms with Crippen LogP contribution in [-0.4, -0.2) is 54.3 Å². The van der Waals surface area contributed by atoms with Crippen molar-refractivity contribution in [2.45, 2.75) is 219 Å². The highest BCUT2D eigenvalue weighted by Crippen LogP contribution is 2.42. The maximum Gasteiger partial charge on any atom is 0.472 e. The smallest absolute Gasteiger partial charge is 0.463 e. The van der Waals surface area contributed by atoms with Crippen molar-refractivity contribution in [3.63, 3.8) is 0 Å². The van der Waals surface area contributed by atoms with E-state index in [-0.39, 0.29) is 32.1 Å². The number of carbonyl (C=O) groups excluding carboxylic acids is 2. The fourth-order valence-electron chi connectivity index (χ4n) is 6.23. The van der Waals surface area contributed by atoms with E-state index in [1.54, 1.807) is 0 Å². The lowest BCUT2D eigenvalue weighted by molar-refractivity contribution is -0.147. The first-order chi connectivity index (χ1) is 26.3. The molecule has 0 saturated heterocycles. The fourth-order valence-corrected chi connectivity index (χ4v) is 6.99. The monoisotopic (exact) mass is 786 g/mol. The zero-order chi connectivity index (χ0) is 39.6. The molecule has 9 nitrogen and oxygen atoms in total. The summed E-state index contributed by atoms with van der Waals surface area (Å²) < 4.78 is 26.9. The van der Waals surface area contributed by atoms with E-state index < -0.39 is 26.5 Å². The normalized spacial score (nSPS) is 13.5. The largest absolute Gasteiger partial charge is 0.472 e. The number of unbranched alkanes of at least 4 members (excludes halogenated alkanes) is 25. The molecule has 3 N–H and O–H groups in total. The summed E-state index contributed by atoms with van der Waals surface area (Å²) in [5, 5.41) is 12.7. The first-order valence-electron chi connectivity index (χ1n) is 22.3. The molecule has 0 aliphatic rings. The van der Waals surface area contributed by atoms with E-state index in [4.69, 9.17) is 13.8 Å². The van der Waals surface area contributed by atoms with Gasteiger partial charge in [0.1, 0.15) is 12.7 Å². The average Bonchev–Trinajstić information content (AvgIpc) is 3.16. The van der Waals surface area contributed by atoms with Gasteiger partial charge in [-0.2, -0.15) is 0 Å². The predicted octanol–water partition coefficient (Wildman–Crippen LogP) is 12.4. The van der Waals surface area contributed by atoms with Gasteiger partial charge < -0.3 is 20.1 Å². The van der Waals surface area contributed by atoms with Crippen LogP contribution in [0, 0.1) is 0 Å². The summed E-state index contributed by atoms with van der Waals surface area (Å²) in [6, 6.07) is 0. The maximum atomic E-state index is 12.1. The molecular formula is C44H84NO8P. The number of esters is 1. The van der Waals surface area contributed by atoms with Crippen LogP contribution < -0.4 is 5.32 Å². The van der Waals surface area contributed by atoms with Crippen molar-refractivity contribution in [3.8, 4) is 0 Å². The highest BCUT2D eigenvalue weighted by Gasteiger charge is 2.23. The molecule has 0 aromatic heterocycles. The number of allylic oxidation sites excluding steroid dienone is 4. The third-order valence-corrected chi connectivity index (χ3v) is 10.6. The lowest BCUT2D eigenvalue weighted by Gasteiger charge is -2.15. The van der Waals surface area contributed by atoms with Gasteiger partial charge in [-0.15, -0.1) is 0 Å². The van der Waals surface area contributed by atoms with Gasteiger partial charge in [0.2, 0.25) is 5.91 Å². The number of rotatable bonds is 42. The second-order valence-electron chi connectivity index (χ2n) is 15.0. The molecular weight excluding hydrogens is 701 g/mol. The molecule has 0 saturated carbocycles. The Hall–Kier alpha value is -1.51. The number of aliphatic hydroxyl groups is 1. The maximum absolute atomic E-state index is 12.1. The zero-order valence-electron chi connectivity index (χ0n) is 34.9. The van der Waals surface area contributed by atoms with Gasteiger partial charge in [-0.3, -0.25) is 18.6 Å². The highest BCUT2D eigenvalue weighted by molar-refractivity contribution is 7.47. The number of ether oxygens (including phenoxy) is 1. The van der Waals surface area contributed by atoms with Crippen molar-refractivity contribution in [3.05, 3.63) is 24.3 Å². The van der Waals surface area contributed by atoms with E-state index in [9.17, 15) is 24.2 Å². The summed E-state index contributed by atoms with van der Waals surface area (Å²) in [6.45, 7) is 3.55. The summed E-state index contributed by atoms with van der Waals surface area (Å²) in [5.41, 5.74) is 0. The Kier molecular flexibility index (Phi) is 40.0. The van der Waals surface area contributed by atoms with E-state index in [2.05, 4.69) is 43.5 Å². The van der Waals surface area contributed by atoms with Gasteiger partial charge >= 0.3 is 13.8 Å². The van der Waals surface area contributed by atoms with Gasteiger partial charge in [0, 0.05) is 19.4 Å². The van der Waals surface area contributed by atoms with Crippen LogP contribution in [0.1, 0.15) is 213 Å². The first-order valence-corrected chi connectivity index (χ1v) is 23.8. The molecule has 0 radical (unpaired) electrons. The molecule has 0 bridgehead atoms. The molecule has 0 aromatic rings. The molecule has 0 fully saturated rings. The van der Waals surface area contributed by atoms with E-state index in [1.165, 1.54) is 135 Å². The Morgan fingerprint density at radius 1 is 0.574 bits per heavy atom. The Labute approximate surface area is 331 Å². The zero-order valence-corrected chi connectivity index (χ0v) is 35.8.